The molecule has 1 saturated heterocycles. The van der Waals surface area contributed by atoms with Gasteiger partial charge in [0, 0.05) is 32.8 Å². The molecule has 0 amide bonds. The molecule has 1 aromatic rings. The number of anilines is 2. The van der Waals surface area contributed by atoms with Crippen LogP contribution in [0.25, 0.3) is 0 Å². The van der Waals surface area contributed by atoms with Gasteiger partial charge in [0.25, 0.3) is 0 Å². The van der Waals surface area contributed by atoms with Gasteiger partial charge in [-0.3, -0.25) is 0 Å². The van der Waals surface area contributed by atoms with E-state index in [0.29, 0.717) is 13.2 Å². The SMILES string of the molecule is CCOCc1nc(NC)cc(N2CCCC2)n1. The van der Waals surface area contributed by atoms with Crippen LogP contribution in [0.15, 0.2) is 6.07 Å². The molecular formula is C12H20N4O. The first-order chi connectivity index (χ1) is 8.33. The Morgan fingerprint density at radius 2 is 2.12 bits per heavy atom. The third-order valence-electron chi connectivity index (χ3n) is 2.88. The average Bonchev–Trinajstić information content (AvgIpc) is 2.89. The first-order valence-corrected chi connectivity index (χ1v) is 6.22. The Labute approximate surface area is 102 Å². The summed E-state index contributed by atoms with van der Waals surface area (Å²) in [5.74, 6) is 2.62. The van der Waals surface area contributed by atoms with Gasteiger partial charge in [-0.2, -0.15) is 0 Å². The van der Waals surface area contributed by atoms with E-state index in [-0.39, 0.29) is 0 Å². The zero-order valence-electron chi connectivity index (χ0n) is 10.6. The molecule has 0 bridgehead atoms. The van der Waals surface area contributed by atoms with Crippen LogP contribution in [0.1, 0.15) is 25.6 Å². The third-order valence-corrected chi connectivity index (χ3v) is 2.88. The lowest BCUT2D eigenvalue weighted by Crippen LogP contribution is -2.20. The van der Waals surface area contributed by atoms with Crippen molar-refractivity contribution in [3.05, 3.63) is 11.9 Å². The number of hydrogen-bond acceptors (Lipinski definition) is 5. The number of nitrogens with one attached hydrogen (secondary N) is 1. The van der Waals surface area contributed by atoms with Crippen molar-refractivity contribution in [2.75, 3.05) is 37.0 Å². The van der Waals surface area contributed by atoms with E-state index in [1.165, 1.54) is 12.8 Å². The predicted octanol–water partition coefficient (Wildman–Crippen LogP) is 1.65. The van der Waals surface area contributed by atoms with Crippen LogP contribution < -0.4 is 10.2 Å². The second-order valence-electron chi connectivity index (χ2n) is 4.11. The molecule has 5 nitrogen and oxygen atoms in total. The van der Waals surface area contributed by atoms with E-state index >= 15 is 0 Å². The lowest BCUT2D eigenvalue weighted by molar-refractivity contribution is 0.128. The van der Waals surface area contributed by atoms with Crippen LogP contribution in [0.2, 0.25) is 0 Å². The van der Waals surface area contributed by atoms with Gasteiger partial charge in [0.2, 0.25) is 0 Å². The minimum absolute atomic E-state index is 0.479. The third kappa shape index (κ3) is 3.06. The van der Waals surface area contributed by atoms with Crippen LogP contribution in [0, 0.1) is 0 Å². The van der Waals surface area contributed by atoms with Crippen LogP contribution in [0.3, 0.4) is 0 Å². The van der Waals surface area contributed by atoms with Crippen LogP contribution >= 0.6 is 0 Å². The maximum Gasteiger partial charge on any atom is 0.158 e. The highest BCUT2D eigenvalue weighted by Gasteiger charge is 2.15. The van der Waals surface area contributed by atoms with Gasteiger partial charge >= 0.3 is 0 Å². The molecule has 2 heterocycles. The Balaban J connectivity index is 2.18. The highest BCUT2D eigenvalue weighted by molar-refractivity contribution is 5.49. The molecule has 0 atom stereocenters. The first kappa shape index (κ1) is 12.1. The van der Waals surface area contributed by atoms with E-state index in [9.17, 15) is 0 Å². The number of hydrogen-bond donors (Lipinski definition) is 1. The van der Waals surface area contributed by atoms with Crippen molar-refractivity contribution in [1.82, 2.24) is 9.97 Å². The quantitative estimate of drug-likeness (QED) is 0.842. The smallest absolute Gasteiger partial charge is 0.158 e. The summed E-state index contributed by atoms with van der Waals surface area (Å²) >= 11 is 0. The van der Waals surface area contributed by atoms with Gasteiger partial charge in [-0.1, -0.05) is 0 Å². The molecule has 0 saturated carbocycles. The average molecular weight is 236 g/mol. The van der Waals surface area contributed by atoms with Crippen LogP contribution in [0.4, 0.5) is 11.6 Å². The molecule has 1 aliphatic rings. The largest absolute Gasteiger partial charge is 0.374 e. The Bertz CT molecular complexity index is 364. The zero-order valence-corrected chi connectivity index (χ0v) is 10.6. The van der Waals surface area contributed by atoms with E-state index in [2.05, 4.69) is 20.2 Å². The molecule has 94 valence electrons. The minimum atomic E-state index is 0.479. The second kappa shape index (κ2) is 5.82. The van der Waals surface area contributed by atoms with Gasteiger partial charge in [-0.05, 0) is 19.8 Å². The second-order valence-corrected chi connectivity index (χ2v) is 4.11. The Morgan fingerprint density at radius 3 is 2.76 bits per heavy atom. The van der Waals surface area contributed by atoms with E-state index in [0.717, 1.165) is 30.5 Å². The van der Waals surface area contributed by atoms with E-state index < -0.39 is 0 Å². The van der Waals surface area contributed by atoms with Crippen molar-refractivity contribution >= 4 is 11.6 Å². The lowest BCUT2D eigenvalue weighted by atomic mass is 10.4. The summed E-state index contributed by atoms with van der Waals surface area (Å²) in [6.45, 7) is 5.32. The highest BCUT2D eigenvalue weighted by Crippen LogP contribution is 2.20. The fourth-order valence-corrected chi connectivity index (χ4v) is 1.98. The van der Waals surface area contributed by atoms with Gasteiger partial charge in [-0.25, -0.2) is 9.97 Å². The number of ether oxygens (including phenoxy) is 1. The maximum atomic E-state index is 5.37. The van der Waals surface area contributed by atoms with Crippen LogP contribution in [0.5, 0.6) is 0 Å². The summed E-state index contributed by atoms with van der Waals surface area (Å²) in [5, 5.41) is 3.07. The number of aromatic nitrogens is 2. The number of nitrogens with zero attached hydrogens (tertiary/aromatic N) is 3. The molecule has 0 spiro atoms. The number of rotatable bonds is 5. The Kier molecular flexibility index (Phi) is 4.14. The molecule has 0 aliphatic carbocycles. The molecular weight excluding hydrogens is 216 g/mol. The molecule has 1 aliphatic heterocycles. The molecule has 0 radical (unpaired) electrons. The lowest BCUT2D eigenvalue weighted by Gasteiger charge is -2.17. The van der Waals surface area contributed by atoms with Crippen LogP contribution in [-0.2, 0) is 11.3 Å². The Morgan fingerprint density at radius 1 is 1.35 bits per heavy atom. The van der Waals surface area contributed by atoms with Gasteiger partial charge in [0.05, 0.1) is 0 Å². The molecule has 0 unspecified atom stereocenters. The zero-order chi connectivity index (χ0) is 12.1. The molecule has 1 aromatic heterocycles. The van der Waals surface area contributed by atoms with Crippen LogP contribution in [-0.4, -0.2) is 36.7 Å². The summed E-state index contributed by atoms with van der Waals surface area (Å²) in [5.41, 5.74) is 0. The predicted molar refractivity (Wildman–Crippen MR) is 68.4 cm³/mol. The minimum Gasteiger partial charge on any atom is -0.374 e. The topological polar surface area (TPSA) is 50.3 Å². The standard InChI is InChI=1S/C12H20N4O/c1-3-17-9-11-14-10(13-2)8-12(15-11)16-6-4-5-7-16/h8H,3-7,9H2,1-2H3,(H,13,14,15). The van der Waals surface area contributed by atoms with Gasteiger partial charge in [0.1, 0.15) is 18.2 Å². The summed E-state index contributed by atoms with van der Waals surface area (Å²) in [6.07, 6.45) is 2.50. The molecule has 0 aromatic carbocycles. The van der Waals surface area contributed by atoms with Gasteiger partial charge in [-0.15, -0.1) is 0 Å². The monoisotopic (exact) mass is 236 g/mol. The van der Waals surface area contributed by atoms with E-state index in [1.807, 2.05) is 20.0 Å². The van der Waals surface area contributed by atoms with Crippen molar-refractivity contribution in [2.24, 2.45) is 0 Å². The van der Waals surface area contributed by atoms with Gasteiger partial charge < -0.3 is 15.0 Å². The van der Waals surface area contributed by atoms with Crippen molar-refractivity contribution in [2.45, 2.75) is 26.4 Å². The molecule has 17 heavy (non-hydrogen) atoms. The van der Waals surface area contributed by atoms with Crippen molar-refractivity contribution < 1.29 is 4.74 Å². The Hall–Kier alpha value is -1.36. The summed E-state index contributed by atoms with van der Waals surface area (Å²) in [4.78, 5) is 11.2. The van der Waals surface area contributed by atoms with Crippen molar-refractivity contribution in [3.8, 4) is 0 Å². The van der Waals surface area contributed by atoms with E-state index in [1.54, 1.807) is 0 Å². The molecule has 1 fully saturated rings. The van der Waals surface area contributed by atoms with Gasteiger partial charge in [0.15, 0.2) is 5.82 Å². The van der Waals surface area contributed by atoms with E-state index in [4.69, 9.17) is 4.74 Å². The molecule has 1 N–H and O–H groups in total. The normalized spacial score (nSPS) is 15.3. The first-order valence-electron chi connectivity index (χ1n) is 6.22. The summed E-state index contributed by atoms with van der Waals surface area (Å²) in [7, 11) is 1.88. The summed E-state index contributed by atoms with van der Waals surface area (Å²) < 4.78 is 5.37. The summed E-state index contributed by atoms with van der Waals surface area (Å²) in [6, 6.07) is 2.00. The van der Waals surface area contributed by atoms with Crippen molar-refractivity contribution in [1.29, 1.82) is 0 Å². The maximum absolute atomic E-state index is 5.37. The van der Waals surface area contributed by atoms with Crippen molar-refractivity contribution in [3.63, 3.8) is 0 Å². The fourth-order valence-electron chi connectivity index (χ4n) is 1.98. The molecule has 2 rings (SSSR count). The highest BCUT2D eigenvalue weighted by atomic mass is 16.5. The fraction of sp³-hybridized carbons (Fsp3) is 0.667. The molecule has 5 heteroatoms.